The summed E-state index contributed by atoms with van der Waals surface area (Å²) in [5.41, 5.74) is 0.482. The molecule has 19 heavy (non-hydrogen) atoms. The van der Waals surface area contributed by atoms with Crippen molar-refractivity contribution in [3.63, 3.8) is 0 Å². The van der Waals surface area contributed by atoms with Gasteiger partial charge in [0.15, 0.2) is 5.75 Å². The summed E-state index contributed by atoms with van der Waals surface area (Å²) in [5.74, 6) is 0.347. The molecule has 1 aliphatic heterocycles. The number of likely N-dealkylation sites (tertiary alicyclic amines) is 1. The second-order valence-electron chi connectivity index (χ2n) is 4.91. The van der Waals surface area contributed by atoms with Crippen molar-refractivity contribution in [2.45, 2.75) is 19.8 Å². The van der Waals surface area contributed by atoms with Gasteiger partial charge in [-0.1, -0.05) is 30.1 Å². The largest absolute Gasteiger partial charge is 0.505 e. The van der Waals surface area contributed by atoms with E-state index in [9.17, 15) is 9.90 Å². The highest BCUT2D eigenvalue weighted by molar-refractivity contribution is 6.37. The smallest absolute Gasteiger partial charge is 0.321 e. The number of nitrogens with zero attached hydrogens (tertiary/aromatic N) is 1. The number of halogens is 2. The van der Waals surface area contributed by atoms with Crippen molar-refractivity contribution in [1.82, 2.24) is 4.90 Å². The van der Waals surface area contributed by atoms with Gasteiger partial charge in [0.2, 0.25) is 0 Å². The highest BCUT2D eigenvalue weighted by Gasteiger charge is 2.21. The Morgan fingerprint density at radius 2 is 2.05 bits per heavy atom. The lowest BCUT2D eigenvalue weighted by molar-refractivity contribution is 0.182. The SMILES string of the molecule is CC1CCCN(C(=O)Nc2cc(Cl)c(O)c(Cl)c2)C1. The molecule has 1 saturated heterocycles. The van der Waals surface area contributed by atoms with E-state index in [-0.39, 0.29) is 21.8 Å². The van der Waals surface area contributed by atoms with Crippen LogP contribution in [0.15, 0.2) is 12.1 Å². The highest BCUT2D eigenvalue weighted by atomic mass is 35.5. The summed E-state index contributed by atoms with van der Waals surface area (Å²) in [6.45, 7) is 3.65. The number of carbonyl (C=O) groups excluding carboxylic acids is 1. The van der Waals surface area contributed by atoms with Gasteiger partial charge in [-0.15, -0.1) is 0 Å². The van der Waals surface area contributed by atoms with Crippen molar-refractivity contribution >= 4 is 34.9 Å². The number of aromatic hydroxyl groups is 1. The fourth-order valence-corrected chi connectivity index (χ4v) is 2.70. The first kappa shape index (κ1) is 14.3. The lowest BCUT2D eigenvalue weighted by Gasteiger charge is -2.31. The Kier molecular flexibility index (Phi) is 4.42. The number of anilines is 1. The van der Waals surface area contributed by atoms with Gasteiger partial charge in [-0.3, -0.25) is 0 Å². The fraction of sp³-hybridized carbons (Fsp3) is 0.462. The molecule has 1 unspecified atom stereocenters. The molecule has 1 aromatic carbocycles. The Morgan fingerprint density at radius 3 is 2.63 bits per heavy atom. The van der Waals surface area contributed by atoms with E-state index in [1.165, 1.54) is 12.1 Å². The number of amides is 2. The van der Waals surface area contributed by atoms with Crippen LogP contribution in [0.4, 0.5) is 10.5 Å². The van der Waals surface area contributed by atoms with Gasteiger partial charge in [0.05, 0.1) is 10.0 Å². The first-order valence-corrected chi connectivity index (χ1v) is 6.97. The number of rotatable bonds is 1. The van der Waals surface area contributed by atoms with Crippen molar-refractivity contribution in [2.24, 2.45) is 5.92 Å². The van der Waals surface area contributed by atoms with Crippen LogP contribution in [0.2, 0.25) is 10.0 Å². The van der Waals surface area contributed by atoms with E-state index in [0.717, 1.165) is 25.9 Å². The molecule has 1 fully saturated rings. The minimum atomic E-state index is -0.173. The number of phenols is 1. The van der Waals surface area contributed by atoms with Crippen LogP contribution in [0.25, 0.3) is 0 Å². The molecular formula is C13H16Cl2N2O2. The first-order valence-electron chi connectivity index (χ1n) is 6.21. The Bertz CT molecular complexity index is 471. The second-order valence-corrected chi connectivity index (χ2v) is 5.73. The molecule has 0 saturated carbocycles. The van der Waals surface area contributed by atoms with E-state index in [4.69, 9.17) is 23.2 Å². The van der Waals surface area contributed by atoms with Crippen LogP contribution in [0.3, 0.4) is 0 Å². The van der Waals surface area contributed by atoms with Gasteiger partial charge in [0, 0.05) is 18.8 Å². The number of hydrogen-bond donors (Lipinski definition) is 2. The summed E-state index contributed by atoms with van der Waals surface area (Å²) in [6.07, 6.45) is 2.17. The van der Waals surface area contributed by atoms with E-state index < -0.39 is 0 Å². The van der Waals surface area contributed by atoms with Crippen LogP contribution in [-0.2, 0) is 0 Å². The van der Waals surface area contributed by atoms with Crippen molar-refractivity contribution in [2.75, 3.05) is 18.4 Å². The minimum absolute atomic E-state index is 0.120. The Labute approximate surface area is 122 Å². The number of urea groups is 1. The molecular weight excluding hydrogens is 287 g/mol. The maximum Gasteiger partial charge on any atom is 0.321 e. The molecule has 4 nitrogen and oxygen atoms in total. The van der Waals surface area contributed by atoms with E-state index >= 15 is 0 Å². The Morgan fingerprint density at radius 1 is 1.42 bits per heavy atom. The molecule has 1 aliphatic rings. The number of hydrogen-bond acceptors (Lipinski definition) is 2. The van der Waals surface area contributed by atoms with Crippen molar-refractivity contribution < 1.29 is 9.90 Å². The van der Waals surface area contributed by atoms with Crippen molar-refractivity contribution in [1.29, 1.82) is 0 Å². The molecule has 0 radical (unpaired) electrons. The van der Waals surface area contributed by atoms with Gasteiger partial charge in [0.25, 0.3) is 0 Å². The highest BCUT2D eigenvalue weighted by Crippen LogP contribution is 2.34. The van der Waals surface area contributed by atoms with Crippen LogP contribution >= 0.6 is 23.2 Å². The number of nitrogens with one attached hydrogen (secondary N) is 1. The zero-order valence-corrected chi connectivity index (χ0v) is 12.1. The molecule has 0 aliphatic carbocycles. The molecule has 0 spiro atoms. The minimum Gasteiger partial charge on any atom is -0.505 e. The number of benzene rings is 1. The van der Waals surface area contributed by atoms with Crippen molar-refractivity contribution in [3.8, 4) is 5.75 Å². The topological polar surface area (TPSA) is 52.6 Å². The summed E-state index contributed by atoms with van der Waals surface area (Å²) in [7, 11) is 0. The standard InChI is InChI=1S/C13H16Cl2N2O2/c1-8-3-2-4-17(7-8)13(19)16-9-5-10(14)12(18)11(15)6-9/h5-6,8,18H,2-4,7H2,1H3,(H,16,19). The number of carbonyl (C=O) groups is 1. The predicted molar refractivity (Wildman–Crippen MR) is 77.1 cm³/mol. The van der Waals surface area contributed by atoms with E-state index in [2.05, 4.69) is 12.2 Å². The maximum atomic E-state index is 12.1. The molecule has 1 heterocycles. The van der Waals surface area contributed by atoms with E-state index in [0.29, 0.717) is 11.6 Å². The number of phenolic OH excluding ortho intramolecular Hbond substituents is 1. The average molecular weight is 303 g/mol. The van der Waals surface area contributed by atoms with Crippen LogP contribution in [0.5, 0.6) is 5.75 Å². The predicted octanol–water partition coefficient (Wildman–Crippen LogP) is 3.96. The summed E-state index contributed by atoms with van der Waals surface area (Å²) in [6, 6.07) is 2.80. The maximum absolute atomic E-state index is 12.1. The summed E-state index contributed by atoms with van der Waals surface area (Å²) < 4.78 is 0. The van der Waals surface area contributed by atoms with E-state index in [1.54, 1.807) is 4.90 Å². The molecule has 2 rings (SSSR count). The zero-order chi connectivity index (χ0) is 14.0. The molecule has 104 valence electrons. The van der Waals surface area contributed by atoms with Crippen LogP contribution in [0, 0.1) is 5.92 Å². The normalized spacial score (nSPS) is 19.3. The molecule has 2 N–H and O–H groups in total. The third-order valence-electron chi connectivity index (χ3n) is 3.21. The lowest BCUT2D eigenvalue weighted by Crippen LogP contribution is -2.41. The average Bonchev–Trinajstić information content (AvgIpc) is 2.36. The van der Waals surface area contributed by atoms with Gasteiger partial charge in [0.1, 0.15) is 0 Å². The Hall–Kier alpha value is -1.13. The molecule has 2 amide bonds. The quantitative estimate of drug-likeness (QED) is 0.771. The van der Waals surface area contributed by atoms with Gasteiger partial charge < -0.3 is 15.3 Å². The molecule has 6 heteroatoms. The van der Waals surface area contributed by atoms with Crippen molar-refractivity contribution in [3.05, 3.63) is 22.2 Å². The van der Waals surface area contributed by atoms with Crippen LogP contribution in [0.1, 0.15) is 19.8 Å². The number of piperidine rings is 1. The monoisotopic (exact) mass is 302 g/mol. The molecule has 1 aromatic rings. The van der Waals surface area contributed by atoms with Crippen LogP contribution in [-0.4, -0.2) is 29.1 Å². The molecule has 0 bridgehead atoms. The third-order valence-corrected chi connectivity index (χ3v) is 3.79. The van der Waals surface area contributed by atoms with Gasteiger partial charge in [-0.2, -0.15) is 0 Å². The zero-order valence-electron chi connectivity index (χ0n) is 10.6. The summed E-state index contributed by atoms with van der Waals surface area (Å²) >= 11 is 11.6. The molecule has 1 atom stereocenters. The Balaban J connectivity index is 2.06. The summed E-state index contributed by atoms with van der Waals surface area (Å²) in [5, 5.41) is 12.4. The summed E-state index contributed by atoms with van der Waals surface area (Å²) in [4.78, 5) is 13.9. The first-order chi connectivity index (χ1) is 8.97. The van der Waals surface area contributed by atoms with Gasteiger partial charge >= 0.3 is 6.03 Å². The van der Waals surface area contributed by atoms with Gasteiger partial charge in [-0.25, -0.2) is 4.79 Å². The molecule has 0 aromatic heterocycles. The van der Waals surface area contributed by atoms with E-state index in [1.807, 2.05) is 0 Å². The fourth-order valence-electron chi connectivity index (χ4n) is 2.21. The van der Waals surface area contributed by atoms with Crippen LogP contribution < -0.4 is 5.32 Å². The second kappa shape index (κ2) is 5.88. The van der Waals surface area contributed by atoms with Gasteiger partial charge in [-0.05, 0) is 30.9 Å². The third kappa shape index (κ3) is 3.45. The lowest BCUT2D eigenvalue weighted by atomic mass is 10.0.